The van der Waals surface area contributed by atoms with Crippen molar-refractivity contribution in [1.29, 1.82) is 0 Å². The van der Waals surface area contributed by atoms with Crippen LogP contribution in [-0.4, -0.2) is 47.8 Å². The monoisotopic (exact) mass is 379 g/mol. The number of hydrogen-bond donors (Lipinski definition) is 1. The molecule has 2 saturated heterocycles. The van der Waals surface area contributed by atoms with Crippen LogP contribution in [0.5, 0.6) is 11.5 Å². The largest absolute Gasteiger partial charge is 0.486 e. The highest BCUT2D eigenvalue weighted by molar-refractivity contribution is 5.98. The Morgan fingerprint density at radius 1 is 1.07 bits per heavy atom. The van der Waals surface area contributed by atoms with E-state index in [2.05, 4.69) is 12.1 Å². The van der Waals surface area contributed by atoms with E-state index in [1.807, 2.05) is 41.3 Å². The molecule has 2 aromatic carbocycles. The van der Waals surface area contributed by atoms with Gasteiger partial charge in [0.05, 0.1) is 12.2 Å². The van der Waals surface area contributed by atoms with E-state index >= 15 is 0 Å². The minimum atomic E-state index is -0.272. The average Bonchev–Trinajstić information content (AvgIpc) is 3.30. The van der Waals surface area contributed by atoms with Crippen LogP contribution in [0, 0.1) is 5.41 Å². The quantitative estimate of drug-likeness (QED) is 0.887. The summed E-state index contributed by atoms with van der Waals surface area (Å²) in [5.74, 6) is 1.20. The van der Waals surface area contributed by atoms with E-state index in [0.717, 1.165) is 25.7 Å². The van der Waals surface area contributed by atoms with Gasteiger partial charge in [0.25, 0.3) is 5.91 Å². The van der Waals surface area contributed by atoms with Crippen molar-refractivity contribution >= 4 is 5.91 Å². The summed E-state index contributed by atoms with van der Waals surface area (Å²) in [4.78, 5) is 15.6. The zero-order chi connectivity index (χ0) is 19.1. The second-order valence-electron chi connectivity index (χ2n) is 8.18. The number of fused-ring (bicyclic) bond motifs is 3. The van der Waals surface area contributed by atoms with E-state index in [0.29, 0.717) is 30.3 Å². The molecule has 146 valence electrons. The van der Waals surface area contributed by atoms with Crippen molar-refractivity contribution in [2.45, 2.75) is 37.8 Å². The molecule has 3 aliphatic heterocycles. The van der Waals surface area contributed by atoms with Crippen LogP contribution >= 0.6 is 0 Å². The summed E-state index contributed by atoms with van der Waals surface area (Å²) in [6.07, 6.45) is 3.58. The number of ether oxygens (including phenoxy) is 2. The SMILES string of the molecule is O=C(c1cccc2c1OCCO2)N1[C@H]2CC[C@@H]1[C@@](CO)(Cc1ccccc1)C2. The fourth-order valence-electron chi connectivity index (χ4n) is 5.40. The lowest BCUT2D eigenvalue weighted by atomic mass is 9.70. The van der Waals surface area contributed by atoms with Gasteiger partial charge < -0.3 is 19.5 Å². The standard InChI is InChI=1S/C23H25NO4/c25-15-23(13-16-5-2-1-3-6-16)14-17-9-10-20(23)24(17)22(26)18-7-4-8-19-21(18)28-12-11-27-19/h1-8,17,20,25H,9-15H2/t17-,20+,23-/m0/s1. The first-order valence-corrected chi connectivity index (χ1v) is 10.1. The highest BCUT2D eigenvalue weighted by Crippen LogP contribution is 2.52. The zero-order valence-electron chi connectivity index (χ0n) is 15.8. The molecule has 2 aromatic rings. The number of carbonyl (C=O) groups excluding carboxylic acids is 1. The van der Waals surface area contributed by atoms with Crippen molar-refractivity contribution in [3.05, 3.63) is 59.7 Å². The number of carbonyl (C=O) groups is 1. The Hall–Kier alpha value is -2.53. The van der Waals surface area contributed by atoms with Crippen LogP contribution in [0.25, 0.3) is 0 Å². The molecule has 3 heterocycles. The van der Waals surface area contributed by atoms with Crippen molar-refractivity contribution in [3.8, 4) is 11.5 Å². The van der Waals surface area contributed by atoms with Crippen LogP contribution in [-0.2, 0) is 6.42 Å². The van der Waals surface area contributed by atoms with E-state index in [9.17, 15) is 9.90 Å². The van der Waals surface area contributed by atoms with Gasteiger partial charge in [0.15, 0.2) is 11.5 Å². The fourth-order valence-corrected chi connectivity index (χ4v) is 5.40. The number of para-hydroxylation sites is 1. The topological polar surface area (TPSA) is 59.0 Å². The van der Waals surface area contributed by atoms with Gasteiger partial charge in [-0.3, -0.25) is 4.79 Å². The molecule has 0 radical (unpaired) electrons. The predicted octanol–water partition coefficient (Wildman–Crippen LogP) is 3.06. The third-order valence-electron chi connectivity index (χ3n) is 6.60. The zero-order valence-corrected chi connectivity index (χ0v) is 15.8. The smallest absolute Gasteiger partial charge is 0.258 e. The molecule has 3 atom stereocenters. The molecule has 1 amide bonds. The molecule has 5 nitrogen and oxygen atoms in total. The summed E-state index contributed by atoms with van der Waals surface area (Å²) in [7, 11) is 0. The predicted molar refractivity (Wildman–Crippen MR) is 105 cm³/mol. The Labute approximate surface area is 164 Å². The molecule has 2 fully saturated rings. The van der Waals surface area contributed by atoms with Crippen molar-refractivity contribution < 1.29 is 19.4 Å². The molecule has 0 aromatic heterocycles. The van der Waals surface area contributed by atoms with Gasteiger partial charge in [0.2, 0.25) is 0 Å². The molecule has 1 N–H and O–H groups in total. The molecule has 2 bridgehead atoms. The molecule has 0 aliphatic carbocycles. The van der Waals surface area contributed by atoms with Gasteiger partial charge in [0, 0.05) is 17.5 Å². The molecule has 0 saturated carbocycles. The maximum absolute atomic E-state index is 13.5. The third-order valence-corrected chi connectivity index (χ3v) is 6.60. The lowest BCUT2D eigenvalue weighted by Gasteiger charge is -2.36. The number of amides is 1. The maximum Gasteiger partial charge on any atom is 0.258 e. The Kier molecular flexibility index (Phi) is 4.27. The Morgan fingerprint density at radius 3 is 2.71 bits per heavy atom. The average molecular weight is 379 g/mol. The van der Waals surface area contributed by atoms with E-state index in [4.69, 9.17) is 9.47 Å². The first-order valence-electron chi connectivity index (χ1n) is 10.1. The van der Waals surface area contributed by atoms with E-state index < -0.39 is 0 Å². The van der Waals surface area contributed by atoms with Crippen LogP contribution in [0.1, 0.15) is 35.2 Å². The van der Waals surface area contributed by atoms with Crippen molar-refractivity contribution in [2.75, 3.05) is 19.8 Å². The number of rotatable bonds is 4. The van der Waals surface area contributed by atoms with Gasteiger partial charge in [-0.05, 0) is 43.4 Å². The van der Waals surface area contributed by atoms with Crippen LogP contribution in [0.4, 0.5) is 0 Å². The number of hydrogen-bond acceptors (Lipinski definition) is 4. The molecule has 3 aliphatic rings. The Balaban J connectivity index is 1.46. The first-order chi connectivity index (χ1) is 13.7. The first kappa shape index (κ1) is 17.6. The third kappa shape index (κ3) is 2.68. The fraction of sp³-hybridized carbons (Fsp3) is 0.435. The van der Waals surface area contributed by atoms with Gasteiger partial charge in [-0.15, -0.1) is 0 Å². The highest BCUT2D eigenvalue weighted by Gasteiger charge is 2.57. The van der Waals surface area contributed by atoms with E-state index in [-0.39, 0.29) is 30.0 Å². The van der Waals surface area contributed by atoms with Gasteiger partial charge in [-0.2, -0.15) is 0 Å². The molecule has 28 heavy (non-hydrogen) atoms. The normalized spacial score (nSPS) is 27.8. The van der Waals surface area contributed by atoms with Gasteiger partial charge in [0.1, 0.15) is 13.2 Å². The summed E-state index contributed by atoms with van der Waals surface area (Å²) >= 11 is 0. The number of aliphatic hydroxyl groups is 1. The molecule has 0 unspecified atom stereocenters. The number of aliphatic hydroxyl groups excluding tert-OH is 1. The Bertz CT molecular complexity index is 883. The van der Waals surface area contributed by atoms with E-state index in [1.165, 1.54) is 5.56 Å². The van der Waals surface area contributed by atoms with Gasteiger partial charge in [-0.25, -0.2) is 0 Å². The second-order valence-corrected chi connectivity index (χ2v) is 8.18. The minimum absolute atomic E-state index is 0.00163. The lowest BCUT2D eigenvalue weighted by molar-refractivity contribution is 0.0564. The molecule has 5 heteroatoms. The van der Waals surface area contributed by atoms with Gasteiger partial charge >= 0.3 is 0 Å². The van der Waals surface area contributed by atoms with Crippen molar-refractivity contribution in [2.24, 2.45) is 5.41 Å². The molecule has 5 rings (SSSR count). The van der Waals surface area contributed by atoms with Crippen LogP contribution in [0.2, 0.25) is 0 Å². The van der Waals surface area contributed by atoms with Crippen molar-refractivity contribution in [3.63, 3.8) is 0 Å². The lowest BCUT2D eigenvalue weighted by Crippen LogP contribution is -2.44. The summed E-state index contributed by atoms with van der Waals surface area (Å²) in [6.45, 7) is 1.06. The summed E-state index contributed by atoms with van der Waals surface area (Å²) in [5.41, 5.74) is 1.51. The Morgan fingerprint density at radius 2 is 1.89 bits per heavy atom. The van der Waals surface area contributed by atoms with Crippen LogP contribution < -0.4 is 9.47 Å². The number of nitrogens with zero attached hydrogens (tertiary/aromatic N) is 1. The molecular weight excluding hydrogens is 354 g/mol. The summed E-state index contributed by atoms with van der Waals surface area (Å²) in [5, 5.41) is 10.4. The summed E-state index contributed by atoms with van der Waals surface area (Å²) < 4.78 is 11.4. The maximum atomic E-state index is 13.5. The molecule has 0 spiro atoms. The number of benzene rings is 2. The molecular formula is C23H25NO4. The van der Waals surface area contributed by atoms with Crippen molar-refractivity contribution in [1.82, 2.24) is 4.90 Å². The highest BCUT2D eigenvalue weighted by atomic mass is 16.6. The minimum Gasteiger partial charge on any atom is -0.486 e. The summed E-state index contributed by atoms with van der Waals surface area (Å²) in [6, 6.07) is 16.0. The second kappa shape index (κ2) is 6.82. The van der Waals surface area contributed by atoms with E-state index in [1.54, 1.807) is 0 Å². The van der Waals surface area contributed by atoms with Crippen LogP contribution in [0.15, 0.2) is 48.5 Å². The van der Waals surface area contributed by atoms with Gasteiger partial charge in [-0.1, -0.05) is 36.4 Å². The van der Waals surface area contributed by atoms with Crippen LogP contribution in [0.3, 0.4) is 0 Å².